The van der Waals surface area contributed by atoms with Gasteiger partial charge in [0.1, 0.15) is 11.9 Å². The minimum Gasteiger partial charge on any atom is -0.462 e. The number of hydrogen-bond donors (Lipinski definition) is 2. The molecule has 6 fully saturated rings. The lowest BCUT2D eigenvalue weighted by Crippen LogP contribution is -2.65. The fourth-order valence-corrected chi connectivity index (χ4v) is 11.1. The van der Waals surface area contributed by atoms with E-state index in [-0.39, 0.29) is 46.1 Å². The van der Waals surface area contributed by atoms with E-state index in [1.165, 1.54) is 0 Å². The Morgan fingerprint density at radius 2 is 1.72 bits per heavy atom. The molecule has 6 aliphatic rings. The zero-order valence-electron chi connectivity index (χ0n) is 20.3. The van der Waals surface area contributed by atoms with Crippen LogP contribution < -0.4 is 0 Å². The molecule has 0 aromatic heterocycles. The first kappa shape index (κ1) is 21.6. The van der Waals surface area contributed by atoms with Crippen LogP contribution in [0.2, 0.25) is 0 Å². The molecule has 5 nitrogen and oxygen atoms in total. The second-order valence-electron chi connectivity index (χ2n) is 13.7. The summed E-state index contributed by atoms with van der Waals surface area (Å²) in [6.07, 6.45) is 4.80. The van der Waals surface area contributed by atoms with Crippen molar-refractivity contribution in [3.05, 3.63) is 0 Å². The van der Waals surface area contributed by atoms with Gasteiger partial charge in [0.2, 0.25) is 0 Å². The number of carbonyl (C=O) groups excluding carboxylic acids is 2. The highest BCUT2D eigenvalue weighted by molar-refractivity contribution is 5.86. The van der Waals surface area contributed by atoms with Crippen LogP contribution in [0.5, 0.6) is 0 Å². The van der Waals surface area contributed by atoms with Crippen molar-refractivity contribution in [2.75, 3.05) is 0 Å². The number of aliphatic hydroxyl groups excluding tert-OH is 2. The first-order valence-electron chi connectivity index (χ1n) is 12.9. The topological polar surface area (TPSA) is 83.8 Å². The Balaban J connectivity index is 1.47. The smallest absolute Gasteiger partial charge is 0.306 e. The third kappa shape index (κ3) is 2.11. The second kappa shape index (κ2) is 6.00. The average molecular weight is 445 g/mol. The number of Topliss-reactive ketones (excluding diaryl/α,β-unsaturated/α-hetero) is 1. The minimum atomic E-state index is -0.482. The minimum absolute atomic E-state index is 0.0621. The van der Waals surface area contributed by atoms with Gasteiger partial charge in [0.15, 0.2) is 0 Å². The molecule has 0 radical (unpaired) electrons. The van der Waals surface area contributed by atoms with E-state index in [1.54, 1.807) is 0 Å². The van der Waals surface area contributed by atoms with E-state index in [1.807, 2.05) is 0 Å². The number of ketones is 1. The van der Waals surface area contributed by atoms with Gasteiger partial charge >= 0.3 is 5.97 Å². The molecule has 178 valence electrons. The molecule has 5 saturated carbocycles. The summed E-state index contributed by atoms with van der Waals surface area (Å²) in [7, 11) is 0. The van der Waals surface area contributed by atoms with Crippen LogP contribution >= 0.6 is 0 Å². The number of hydrogen-bond acceptors (Lipinski definition) is 5. The van der Waals surface area contributed by atoms with Crippen molar-refractivity contribution in [3.63, 3.8) is 0 Å². The van der Waals surface area contributed by atoms with E-state index in [9.17, 15) is 19.8 Å². The molecular weight excluding hydrogens is 404 g/mol. The van der Waals surface area contributed by atoms with Crippen LogP contribution in [0.1, 0.15) is 86.0 Å². The normalized spacial score (nSPS) is 60.2. The second-order valence-corrected chi connectivity index (χ2v) is 13.7. The van der Waals surface area contributed by atoms with Gasteiger partial charge in [-0.25, -0.2) is 0 Å². The Bertz CT molecular complexity index is 896. The highest BCUT2D eigenvalue weighted by atomic mass is 16.5. The summed E-state index contributed by atoms with van der Waals surface area (Å²) in [5.41, 5.74) is -1.14. The number of esters is 1. The molecule has 0 bridgehead atoms. The molecule has 5 aliphatic carbocycles. The quantitative estimate of drug-likeness (QED) is 0.554. The summed E-state index contributed by atoms with van der Waals surface area (Å²) < 4.78 is 6.01. The molecule has 6 rings (SSSR count). The van der Waals surface area contributed by atoms with Gasteiger partial charge in [-0.3, -0.25) is 9.59 Å². The first-order valence-corrected chi connectivity index (χ1v) is 12.9. The number of aliphatic hydroxyl groups is 2. The van der Waals surface area contributed by atoms with Gasteiger partial charge in [-0.05, 0) is 72.5 Å². The van der Waals surface area contributed by atoms with Gasteiger partial charge in [-0.15, -0.1) is 0 Å². The monoisotopic (exact) mass is 444 g/mol. The molecule has 11 atom stereocenters. The fourth-order valence-electron chi connectivity index (χ4n) is 11.1. The maximum absolute atomic E-state index is 12.8. The Kier molecular flexibility index (Phi) is 4.05. The van der Waals surface area contributed by atoms with Crippen molar-refractivity contribution in [1.29, 1.82) is 0 Å². The van der Waals surface area contributed by atoms with Gasteiger partial charge in [0.25, 0.3) is 0 Å². The Hall–Kier alpha value is -0.940. The number of fused-ring (bicyclic) bond motifs is 4. The lowest BCUT2D eigenvalue weighted by molar-refractivity contribution is -0.226. The van der Waals surface area contributed by atoms with E-state index in [4.69, 9.17) is 4.74 Å². The number of rotatable bonds is 0. The van der Waals surface area contributed by atoms with E-state index >= 15 is 0 Å². The molecule has 2 spiro atoms. The van der Waals surface area contributed by atoms with Crippen molar-refractivity contribution >= 4 is 11.8 Å². The zero-order chi connectivity index (χ0) is 23.1. The number of carbonyl (C=O) groups is 2. The van der Waals surface area contributed by atoms with Gasteiger partial charge in [-0.2, -0.15) is 0 Å². The predicted molar refractivity (Wildman–Crippen MR) is 118 cm³/mol. The summed E-state index contributed by atoms with van der Waals surface area (Å²) >= 11 is 0. The summed E-state index contributed by atoms with van der Waals surface area (Å²) in [5, 5.41) is 23.7. The van der Waals surface area contributed by atoms with Crippen LogP contribution in [0.4, 0.5) is 0 Å². The van der Waals surface area contributed by atoms with Crippen LogP contribution in [0.3, 0.4) is 0 Å². The third-order valence-electron chi connectivity index (χ3n) is 12.6. The predicted octanol–water partition coefficient (Wildman–Crippen LogP) is 3.89. The molecule has 1 heterocycles. The molecule has 1 saturated heterocycles. The van der Waals surface area contributed by atoms with Gasteiger partial charge in [-0.1, -0.05) is 34.6 Å². The van der Waals surface area contributed by atoms with Crippen molar-refractivity contribution in [3.8, 4) is 0 Å². The molecule has 32 heavy (non-hydrogen) atoms. The molecule has 2 N–H and O–H groups in total. The zero-order valence-corrected chi connectivity index (χ0v) is 20.3. The summed E-state index contributed by atoms with van der Waals surface area (Å²) in [5.74, 6) is 0.911. The van der Waals surface area contributed by atoms with Gasteiger partial charge in [0.05, 0.1) is 12.2 Å². The lowest BCUT2D eigenvalue weighted by atomic mass is 9.40. The Morgan fingerprint density at radius 3 is 2.44 bits per heavy atom. The Labute approximate surface area is 191 Å². The Morgan fingerprint density at radius 1 is 1.00 bits per heavy atom. The SMILES string of the molecule is CC1CCC(=O)OC2CC3(C)C4C(O)CC5C(C)(C)C(=O)CCC56CC46CC(O)C3(C)C12. The van der Waals surface area contributed by atoms with E-state index in [0.29, 0.717) is 37.4 Å². The third-order valence-corrected chi connectivity index (χ3v) is 12.6. The highest BCUT2D eigenvalue weighted by Gasteiger charge is 2.86. The summed E-state index contributed by atoms with van der Waals surface area (Å²) in [6, 6.07) is 0. The molecular formula is C27H40O5. The molecule has 11 unspecified atom stereocenters. The summed E-state index contributed by atoms with van der Waals surface area (Å²) in [4.78, 5) is 25.3. The van der Waals surface area contributed by atoms with Crippen LogP contribution in [0, 0.1) is 50.7 Å². The molecule has 0 aromatic carbocycles. The van der Waals surface area contributed by atoms with Crippen molar-refractivity contribution < 1.29 is 24.5 Å². The van der Waals surface area contributed by atoms with Crippen LogP contribution in [-0.4, -0.2) is 40.3 Å². The van der Waals surface area contributed by atoms with Crippen molar-refractivity contribution in [1.82, 2.24) is 0 Å². The van der Waals surface area contributed by atoms with E-state index in [2.05, 4.69) is 34.6 Å². The number of ether oxygens (including phenoxy) is 1. The van der Waals surface area contributed by atoms with E-state index < -0.39 is 23.0 Å². The molecule has 0 amide bonds. The average Bonchev–Trinajstić information content (AvgIpc) is 3.30. The largest absolute Gasteiger partial charge is 0.462 e. The lowest BCUT2D eigenvalue weighted by Gasteiger charge is -2.65. The fraction of sp³-hybridized carbons (Fsp3) is 0.926. The van der Waals surface area contributed by atoms with Crippen LogP contribution in [0.15, 0.2) is 0 Å². The first-order chi connectivity index (χ1) is 14.8. The maximum Gasteiger partial charge on any atom is 0.306 e. The van der Waals surface area contributed by atoms with E-state index in [0.717, 1.165) is 25.7 Å². The standard InChI is InChI=1S/C27H40O5/c1-14-6-7-20(31)32-16-11-24(4)22-15(28)10-17-23(2,3)18(29)8-9-26(17)13-27(22,26)12-19(30)25(24,5)21(14)16/h14-17,19,21-22,28,30H,6-13H2,1-5H3. The molecule has 0 aromatic rings. The molecule has 5 heteroatoms. The highest BCUT2D eigenvalue weighted by Crippen LogP contribution is 2.88. The van der Waals surface area contributed by atoms with Crippen molar-refractivity contribution in [2.45, 2.75) is 104 Å². The molecule has 1 aliphatic heterocycles. The van der Waals surface area contributed by atoms with Crippen LogP contribution in [-0.2, 0) is 14.3 Å². The summed E-state index contributed by atoms with van der Waals surface area (Å²) in [6.45, 7) is 10.9. The van der Waals surface area contributed by atoms with Gasteiger partial charge < -0.3 is 14.9 Å². The maximum atomic E-state index is 12.8. The van der Waals surface area contributed by atoms with Crippen molar-refractivity contribution in [2.24, 2.45) is 50.7 Å². The van der Waals surface area contributed by atoms with Crippen LogP contribution in [0.25, 0.3) is 0 Å². The van der Waals surface area contributed by atoms with Gasteiger partial charge in [0, 0.05) is 29.6 Å².